The van der Waals surface area contributed by atoms with Crippen LogP contribution in [0.15, 0.2) is 201 Å². The van der Waals surface area contributed by atoms with Gasteiger partial charge in [0.05, 0.1) is 6.61 Å². The van der Waals surface area contributed by atoms with E-state index in [4.69, 9.17) is 14.6 Å². The quantitative estimate of drug-likeness (QED) is 0.0382. The Kier molecular flexibility index (Phi) is 34.9. The lowest BCUT2D eigenvalue weighted by Gasteiger charge is -2.34. The lowest BCUT2D eigenvalue weighted by Crippen LogP contribution is -2.46. The Bertz CT molecular complexity index is 3640. The van der Waals surface area contributed by atoms with Gasteiger partial charge in [-0.05, 0) is 200 Å². The molecule has 6 aromatic carbocycles. The fraction of sp³-hybridized carbons (Fsp3) is 0.434. The van der Waals surface area contributed by atoms with Gasteiger partial charge < -0.3 is 34.8 Å². The first kappa shape index (κ1) is 79.6. The molecule has 3 heterocycles. The number of hydrogen-bond acceptors (Lipinski definition) is 12. The minimum absolute atomic E-state index is 0. The van der Waals surface area contributed by atoms with Crippen molar-refractivity contribution in [1.29, 1.82) is 0 Å². The second-order valence-corrected chi connectivity index (χ2v) is 27.1. The summed E-state index contributed by atoms with van der Waals surface area (Å²) in [6.45, 7) is 29.3. The third kappa shape index (κ3) is 30.0. The predicted octanol–water partition coefficient (Wildman–Crippen LogP) is 17.4. The molecule has 3 aromatic heterocycles. The number of pyridine rings is 3. The van der Waals surface area contributed by atoms with Crippen LogP contribution in [-0.2, 0) is 48.4 Å². The van der Waals surface area contributed by atoms with E-state index in [1.807, 2.05) is 138 Å². The minimum atomic E-state index is -0.519. The number of rotatable bonds is 29. The monoisotopic (exact) mass is 1320 g/mol. The number of aliphatic hydroxyl groups is 2. The number of ether oxygens (including phenoxy) is 2. The summed E-state index contributed by atoms with van der Waals surface area (Å²) in [6, 6.07) is 57.7. The Morgan fingerprint density at radius 3 is 1.27 bits per heavy atom. The first-order valence-electron chi connectivity index (χ1n) is 34.7. The van der Waals surface area contributed by atoms with Crippen LogP contribution in [0.25, 0.3) is 32.3 Å². The molecule has 3 N–H and O–H groups in total. The highest BCUT2D eigenvalue weighted by Crippen LogP contribution is 2.22. The fourth-order valence-corrected chi connectivity index (χ4v) is 11.2. The summed E-state index contributed by atoms with van der Waals surface area (Å²) in [5.41, 5.74) is 6.58. The number of aliphatic hydroxyl groups excluding tert-OH is 2. The molecule has 3 atom stereocenters. The molecule has 0 fully saturated rings. The van der Waals surface area contributed by atoms with Crippen molar-refractivity contribution in [2.75, 3.05) is 52.5 Å². The average molecular weight is 1320 g/mol. The maximum atomic E-state index is 13.1. The van der Waals surface area contributed by atoms with Gasteiger partial charge in [0.2, 0.25) is 0 Å². The number of hydrogen-bond donors (Lipinski definition) is 3. The van der Waals surface area contributed by atoms with Gasteiger partial charge in [-0.25, -0.2) is 9.59 Å². The van der Waals surface area contributed by atoms with Crippen molar-refractivity contribution in [2.45, 2.75) is 184 Å². The van der Waals surface area contributed by atoms with Crippen molar-refractivity contribution in [3.63, 3.8) is 0 Å². The van der Waals surface area contributed by atoms with Gasteiger partial charge in [0, 0.05) is 130 Å². The van der Waals surface area contributed by atoms with E-state index in [0.29, 0.717) is 45.4 Å². The Balaban J connectivity index is 0.000000256. The third-order valence-corrected chi connectivity index (χ3v) is 16.4. The van der Waals surface area contributed by atoms with Gasteiger partial charge in [-0.2, -0.15) is 0 Å². The smallest absolute Gasteiger partial charge is 0.410 e. The van der Waals surface area contributed by atoms with Crippen LogP contribution < -0.4 is 5.32 Å². The maximum Gasteiger partial charge on any atom is 0.410 e. The fourth-order valence-electron chi connectivity index (χ4n) is 11.2. The number of aryl methyl sites for hydroxylation is 1. The molecule has 97 heavy (non-hydrogen) atoms. The highest BCUT2D eigenvalue weighted by atomic mass is 16.6. The first-order chi connectivity index (χ1) is 46.2. The summed E-state index contributed by atoms with van der Waals surface area (Å²) in [5, 5.41) is 28.0. The zero-order valence-electron chi connectivity index (χ0n) is 59.4. The molecule has 0 aliphatic heterocycles. The number of carbonyl (C=O) groups is 2. The van der Waals surface area contributed by atoms with E-state index in [-0.39, 0.29) is 38.3 Å². The molecule has 0 unspecified atom stereocenters. The van der Waals surface area contributed by atoms with E-state index in [9.17, 15) is 14.7 Å². The first-order valence-corrected chi connectivity index (χ1v) is 34.7. The van der Waals surface area contributed by atoms with Crippen LogP contribution in [0.3, 0.4) is 0 Å². The number of fused-ring (bicyclic) bond motifs is 3. The van der Waals surface area contributed by atoms with Gasteiger partial charge in [-0.1, -0.05) is 155 Å². The number of aromatic nitrogens is 3. The zero-order chi connectivity index (χ0) is 69.1. The number of nitrogens with one attached hydrogen (secondary N) is 1. The molecule has 2 amide bonds. The lowest BCUT2D eigenvalue weighted by atomic mass is 10.0. The van der Waals surface area contributed by atoms with Gasteiger partial charge in [-0.15, -0.1) is 0 Å². The Labute approximate surface area is 581 Å². The standard InChI is InChI=1S/C29H39N3O2.C26H33N3O2.C24H30N2O.C3H8O.CH4/c1-6-17-31(22-25-12-13-27-20-30-16-14-26(27)19-25)23(2)21-32(28(33)34-29(3,4)5)18-15-24-10-8-7-9-11-24;1-20(28-17-22-10-11-24-18-27-14-12-23(24)16-22)19-29(25(30)31-26(2,3)4)15-13-21-8-6-5-7-9-21;1-20(7-5-6-10-21-8-3-2-4-9-21)26(15-16-27)19-22-11-12-24-18-25-14-13-23(24)17-22;1-2-3-4;/h7-14,16,19-20,23H,6,15,17-18,21-22H2,1-5H3;5-12,14,16,18,20,28H,13,15,17,19H2,1-4H3;2-4,8-9,11-14,17-18,20,27H,5-7,10,15-16,19H2,1H3;4H,2-3H2,1H3;1H4/t23-;2*20-;;/m111../s1. The van der Waals surface area contributed by atoms with E-state index >= 15 is 0 Å². The lowest BCUT2D eigenvalue weighted by molar-refractivity contribution is 0.0190. The summed E-state index contributed by atoms with van der Waals surface area (Å²) in [7, 11) is 0. The topological polar surface area (TPSA) is 157 Å². The number of benzene rings is 6. The molecule has 0 radical (unpaired) electrons. The molecule has 0 aliphatic rings. The van der Waals surface area contributed by atoms with Gasteiger partial charge >= 0.3 is 12.2 Å². The number of amides is 2. The molecule has 9 aromatic rings. The number of carbonyl (C=O) groups excluding carboxylic acids is 2. The van der Waals surface area contributed by atoms with E-state index in [1.165, 1.54) is 67.8 Å². The number of unbranched alkanes of at least 4 members (excludes halogenated alkanes) is 1. The third-order valence-electron chi connectivity index (χ3n) is 16.4. The van der Waals surface area contributed by atoms with Gasteiger partial charge in [-0.3, -0.25) is 24.8 Å². The zero-order valence-corrected chi connectivity index (χ0v) is 59.4. The van der Waals surface area contributed by atoms with Crippen LogP contribution in [-0.4, -0.2) is 139 Å². The average Bonchev–Trinajstić information content (AvgIpc) is 1.00. The van der Waals surface area contributed by atoms with E-state index in [1.54, 1.807) is 0 Å². The maximum absolute atomic E-state index is 13.1. The normalized spacial score (nSPS) is 12.2. The van der Waals surface area contributed by atoms with E-state index in [0.717, 1.165) is 75.5 Å². The van der Waals surface area contributed by atoms with Crippen LogP contribution in [0.2, 0.25) is 0 Å². The van der Waals surface area contributed by atoms with E-state index in [2.05, 4.69) is 179 Å². The molecule has 14 nitrogen and oxygen atoms in total. The van der Waals surface area contributed by atoms with Crippen LogP contribution in [0, 0.1) is 0 Å². The van der Waals surface area contributed by atoms with Gasteiger partial charge in [0.15, 0.2) is 0 Å². The van der Waals surface area contributed by atoms with Gasteiger partial charge in [0.25, 0.3) is 0 Å². The summed E-state index contributed by atoms with van der Waals surface area (Å²) >= 11 is 0. The van der Waals surface area contributed by atoms with Crippen LogP contribution in [0.1, 0.15) is 149 Å². The van der Waals surface area contributed by atoms with Crippen molar-refractivity contribution in [3.8, 4) is 0 Å². The van der Waals surface area contributed by atoms with Crippen molar-refractivity contribution >= 4 is 44.5 Å². The van der Waals surface area contributed by atoms with Crippen LogP contribution in [0.4, 0.5) is 9.59 Å². The molecule has 0 bridgehead atoms. The molecule has 0 aliphatic carbocycles. The van der Waals surface area contributed by atoms with Crippen molar-refractivity contribution in [3.05, 3.63) is 234 Å². The Hall–Kier alpha value is -8.11. The second kappa shape index (κ2) is 42.5. The summed E-state index contributed by atoms with van der Waals surface area (Å²) in [4.78, 5) is 47.0. The molecule has 0 saturated carbocycles. The molecule has 0 spiro atoms. The van der Waals surface area contributed by atoms with Crippen LogP contribution >= 0.6 is 0 Å². The molecular weight excluding hydrogens is 1200 g/mol. The molecule has 14 heteroatoms. The Morgan fingerprint density at radius 1 is 0.454 bits per heavy atom. The second-order valence-electron chi connectivity index (χ2n) is 27.1. The minimum Gasteiger partial charge on any atom is -0.444 e. The number of nitrogens with zero attached hydrogens (tertiary/aromatic N) is 7. The van der Waals surface area contributed by atoms with Gasteiger partial charge in [0.1, 0.15) is 11.2 Å². The molecule has 9 rings (SSSR count). The SMILES string of the molecule is C.CCCN(Cc1ccc2cnccc2c1)[C@H](C)CN(CCc1ccccc1)C(=O)OC(C)(C)C.CCCO.C[C@H](CCCCc1ccccc1)N(CCO)Cc1ccc2cnccc2c1.C[C@H](CN(CCc1ccccc1)C(=O)OC(C)(C)C)NCc1ccc2cnccc2c1. The molecule has 0 saturated heterocycles. The molecular formula is C83H114N8O6. The summed E-state index contributed by atoms with van der Waals surface area (Å²) in [6.07, 6.45) is 18.9. The highest BCUT2D eigenvalue weighted by Gasteiger charge is 2.27. The highest BCUT2D eigenvalue weighted by molar-refractivity contribution is 5.83. The largest absolute Gasteiger partial charge is 0.444 e. The van der Waals surface area contributed by atoms with Crippen LogP contribution in [0.5, 0.6) is 0 Å². The Morgan fingerprint density at radius 2 is 0.856 bits per heavy atom. The molecule has 522 valence electrons. The van der Waals surface area contributed by atoms with E-state index < -0.39 is 11.2 Å². The summed E-state index contributed by atoms with van der Waals surface area (Å²) < 4.78 is 11.4. The van der Waals surface area contributed by atoms with Crippen molar-refractivity contribution in [2.24, 2.45) is 0 Å². The van der Waals surface area contributed by atoms with Crippen molar-refractivity contribution < 1.29 is 29.3 Å². The summed E-state index contributed by atoms with van der Waals surface area (Å²) in [5.74, 6) is 0. The predicted molar refractivity (Wildman–Crippen MR) is 403 cm³/mol. The van der Waals surface area contributed by atoms with Crippen molar-refractivity contribution in [1.82, 2.24) is 39.9 Å².